The summed E-state index contributed by atoms with van der Waals surface area (Å²) < 4.78 is 52.9. The number of nitrogens with zero attached hydrogens (tertiary/aromatic N) is 4. The fourth-order valence-corrected chi connectivity index (χ4v) is 3.37. The van der Waals surface area contributed by atoms with Crippen molar-refractivity contribution in [3.05, 3.63) is 76.9 Å². The first-order chi connectivity index (χ1) is 14.8. The number of anilines is 1. The molecule has 0 N–H and O–H groups in total. The molecule has 1 aliphatic heterocycles. The first kappa shape index (κ1) is 20.6. The van der Waals surface area contributed by atoms with Crippen molar-refractivity contribution in [2.45, 2.75) is 25.8 Å². The second-order valence-electron chi connectivity index (χ2n) is 7.13. The molecule has 0 saturated carbocycles. The number of carbonyl (C=O) groups is 1. The van der Waals surface area contributed by atoms with Gasteiger partial charge in [0.1, 0.15) is 12.4 Å². The monoisotopic (exact) mass is 428 g/mol. The Hall–Kier alpha value is -3.67. The van der Waals surface area contributed by atoms with Crippen molar-refractivity contribution in [3.8, 4) is 11.8 Å². The van der Waals surface area contributed by atoms with E-state index in [2.05, 4.69) is 21.9 Å². The predicted molar refractivity (Wildman–Crippen MR) is 105 cm³/mol. The van der Waals surface area contributed by atoms with Gasteiger partial charge in [-0.3, -0.25) is 14.5 Å². The number of alkyl halides is 4. The van der Waals surface area contributed by atoms with Crippen molar-refractivity contribution in [1.82, 2.24) is 14.8 Å². The van der Waals surface area contributed by atoms with Crippen molar-refractivity contribution in [2.24, 2.45) is 0 Å². The minimum atomic E-state index is -4.45. The van der Waals surface area contributed by atoms with Crippen LogP contribution in [0.2, 0.25) is 0 Å². The highest BCUT2D eigenvalue weighted by Crippen LogP contribution is 2.32. The lowest BCUT2D eigenvalue weighted by Crippen LogP contribution is -2.43. The van der Waals surface area contributed by atoms with Crippen molar-refractivity contribution >= 4 is 11.6 Å². The largest absolute Gasteiger partial charge is 0.416 e. The van der Waals surface area contributed by atoms with Gasteiger partial charge in [-0.15, -0.1) is 0 Å². The number of rotatable bonds is 2. The molecule has 0 bridgehead atoms. The molecule has 1 atom stereocenters. The first-order valence-corrected chi connectivity index (χ1v) is 9.36. The lowest BCUT2D eigenvalue weighted by Gasteiger charge is -2.32. The molecule has 1 aromatic carbocycles. The lowest BCUT2D eigenvalue weighted by atomic mass is 10.1. The summed E-state index contributed by atoms with van der Waals surface area (Å²) in [6.07, 6.45) is -0.0893. The highest BCUT2D eigenvalue weighted by atomic mass is 19.4. The summed E-state index contributed by atoms with van der Waals surface area (Å²) in [7, 11) is 0. The van der Waals surface area contributed by atoms with Crippen LogP contribution >= 0.6 is 0 Å². The summed E-state index contributed by atoms with van der Waals surface area (Å²) in [5, 5.41) is 4.25. The van der Waals surface area contributed by atoms with Crippen LogP contribution in [0.15, 0.2) is 48.9 Å². The summed E-state index contributed by atoms with van der Waals surface area (Å²) >= 11 is 0. The highest BCUT2D eigenvalue weighted by Gasteiger charge is 2.34. The van der Waals surface area contributed by atoms with Crippen LogP contribution in [0.5, 0.6) is 0 Å². The fraction of sp³-hybridized carbons (Fsp3) is 0.227. The predicted octanol–water partition coefficient (Wildman–Crippen LogP) is 4.39. The topological polar surface area (TPSA) is 51.0 Å². The standard InChI is InChI=1S/C22H16F4N4O/c1-14-13-29(19-6-4-18(5-7-19)22(24,25)26)21(31)20-17(12-28-30(14)20)3-2-15-8-16(9-23)11-27-10-15/h4-8,10-12,14H,9,13H2,1H3/t14-/m0/s1. The van der Waals surface area contributed by atoms with Gasteiger partial charge in [0.15, 0.2) is 0 Å². The van der Waals surface area contributed by atoms with Gasteiger partial charge in [0.2, 0.25) is 0 Å². The molecule has 9 heteroatoms. The summed E-state index contributed by atoms with van der Waals surface area (Å²) in [6, 6.07) is 5.81. The van der Waals surface area contributed by atoms with E-state index in [1.54, 1.807) is 10.7 Å². The van der Waals surface area contributed by atoms with E-state index in [0.717, 1.165) is 12.1 Å². The molecular formula is C22H16F4N4O. The van der Waals surface area contributed by atoms with Gasteiger partial charge in [0.05, 0.1) is 23.4 Å². The summed E-state index contributed by atoms with van der Waals surface area (Å²) in [6.45, 7) is 1.45. The third-order valence-electron chi connectivity index (χ3n) is 4.90. The van der Waals surface area contributed by atoms with E-state index in [-0.39, 0.29) is 18.3 Å². The van der Waals surface area contributed by atoms with E-state index in [1.165, 1.54) is 35.6 Å². The summed E-state index contributed by atoms with van der Waals surface area (Å²) in [5.41, 5.74) is 1.08. The van der Waals surface area contributed by atoms with Crippen molar-refractivity contribution in [2.75, 3.05) is 11.4 Å². The number of aromatic nitrogens is 3. The fourth-order valence-electron chi connectivity index (χ4n) is 3.37. The lowest BCUT2D eigenvalue weighted by molar-refractivity contribution is -0.137. The molecule has 0 aliphatic carbocycles. The number of fused-ring (bicyclic) bond motifs is 1. The minimum absolute atomic E-state index is 0.206. The zero-order valence-electron chi connectivity index (χ0n) is 16.3. The molecule has 0 fully saturated rings. The number of carbonyl (C=O) groups excluding carboxylic acids is 1. The molecule has 3 aromatic rings. The van der Waals surface area contributed by atoms with E-state index in [1.807, 2.05) is 6.92 Å². The molecule has 2 aromatic heterocycles. The molecule has 0 saturated heterocycles. The quantitative estimate of drug-likeness (QED) is 0.450. The van der Waals surface area contributed by atoms with Crippen LogP contribution in [0.4, 0.5) is 23.2 Å². The molecular weight excluding hydrogens is 412 g/mol. The maximum atomic E-state index is 13.2. The van der Waals surface area contributed by atoms with Gasteiger partial charge in [0, 0.05) is 35.8 Å². The SMILES string of the molecule is C[C@H]1CN(c2ccc(C(F)(F)F)cc2)C(=O)c2c(C#Cc3cncc(CF)c3)cnn21. The third kappa shape index (κ3) is 4.01. The van der Waals surface area contributed by atoms with Crippen LogP contribution in [-0.4, -0.2) is 27.2 Å². The Morgan fingerprint density at radius 2 is 1.87 bits per heavy atom. The number of hydrogen-bond acceptors (Lipinski definition) is 3. The van der Waals surface area contributed by atoms with Gasteiger partial charge in [-0.2, -0.15) is 18.3 Å². The van der Waals surface area contributed by atoms with E-state index >= 15 is 0 Å². The van der Waals surface area contributed by atoms with E-state index in [0.29, 0.717) is 22.4 Å². The van der Waals surface area contributed by atoms with Gasteiger partial charge < -0.3 is 4.90 Å². The Balaban J connectivity index is 1.67. The number of halogens is 4. The zero-order valence-corrected chi connectivity index (χ0v) is 16.3. The average molecular weight is 428 g/mol. The second-order valence-corrected chi connectivity index (χ2v) is 7.13. The molecule has 158 valence electrons. The number of amides is 1. The molecule has 5 nitrogen and oxygen atoms in total. The molecule has 0 spiro atoms. The Labute approximate surface area is 175 Å². The molecule has 0 unspecified atom stereocenters. The van der Waals surface area contributed by atoms with Crippen molar-refractivity contribution < 1.29 is 22.4 Å². The van der Waals surface area contributed by atoms with E-state index in [9.17, 15) is 22.4 Å². The Bertz CT molecular complexity index is 1190. The van der Waals surface area contributed by atoms with Crippen LogP contribution in [0, 0.1) is 11.8 Å². The Morgan fingerprint density at radius 3 is 2.55 bits per heavy atom. The number of pyridine rings is 1. The minimum Gasteiger partial charge on any atom is -0.305 e. The Morgan fingerprint density at radius 1 is 1.13 bits per heavy atom. The van der Waals surface area contributed by atoms with Crippen LogP contribution < -0.4 is 4.90 Å². The van der Waals surface area contributed by atoms with Crippen LogP contribution in [0.3, 0.4) is 0 Å². The average Bonchev–Trinajstić information content (AvgIpc) is 3.19. The molecule has 3 heterocycles. The molecule has 4 rings (SSSR count). The van der Waals surface area contributed by atoms with Crippen LogP contribution in [0.25, 0.3) is 0 Å². The molecule has 1 aliphatic rings. The maximum absolute atomic E-state index is 13.2. The zero-order chi connectivity index (χ0) is 22.2. The summed E-state index contributed by atoms with van der Waals surface area (Å²) in [4.78, 5) is 18.5. The van der Waals surface area contributed by atoms with E-state index in [4.69, 9.17) is 0 Å². The number of benzene rings is 1. The van der Waals surface area contributed by atoms with Gasteiger partial charge in [-0.05, 0) is 37.3 Å². The maximum Gasteiger partial charge on any atom is 0.416 e. The van der Waals surface area contributed by atoms with Crippen molar-refractivity contribution in [3.63, 3.8) is 0 Å². The first-order valence-electron chi connectivity index (χ1n) is 9.36. The van der Waals surface area contributed by atoms with Crippen LogP contribution in [-0.2, 0) is 12.9 Å². The van der Waals surface area contributed by atoms with Gasteiger partial charge in [0.25, 0.3) is 5.91 Å². The highest BCUT2D eigenvalue weighted by molar-refractivity contribution is 6.07. The molecule has 0 radical (unpaired) electrons. The van der Waals surface area contributed by atoms with E-state index < -0.39 is 24.3 Å². The normalized spacial score (nSPS) is 16.0. The third-order valence-corrected chi connectivity index (χ3v) is 4.90. The smallest absolute Gasteiger partial charge is 0.305 e. The Kier molecular flexibility index (Phi) is 5.23. The molecule has 31 heavy (non-hydrogen) atoms. The van der Waals surface area contributed by atoms with Crippen molar-refractivity contribution in [1.29, 1.82) is 0 Å². The summed E-state index contributed by atoms with van der Waals surface area (Å²) in [5.74, 6) is 5.33. The molecule has 1 amide bonds. The van der Waals surface area contributed by atoms with Gasteiger partial charge in [-0.25, -0.2) is 4.39 Å². The van der Waals surface area contributed by atoms with Crippen LogP contribution in [0.1, 0.15) is 45.7 Å². The van der Waals surface area contributed by atoms with Gasteiger partial charge in [-0.1, -0.05) is 11.8 Å². The van der Waals surface area contributed by atoms with Gasteiger partial charge >= 0.3 is 6.18 Å². The second kappa shape index (κ2) is 7.87. The number of hydrogen-bond donors (Lipinski definition) is 0.